The van der Waals surface area contributed by atoms with Gasteiger partial charge in [0.1, 0.15) is 11.3 Å². The molecule has 3 aromatic carbocycles. The number of ether oxygens (including phenoxy) is 2. The highest BCUT2D eigenvalue weighted by Gasteiger charge is 2.43. The van der Waals surface area contributed by atoms with Gasteiger partial charge in [0.25, 0.3) is 5.91 Å². The van der Waals surface area contributed by atoms with Crippen molar-refractivity contribution in [1.29, 1.82) is 0 Å². The molecule has 0 spiro atoms. The van der Waals surface area contributed by atoms with E-state index < -0.39 is 17.9 Å². The van der Waals surface area contributed by atoms with Gasteiger partial charge in [0.2, 0.25) is 5.76 Å². The molecule has 1 aliphatic heterocycles. The van der Waals surface area contributed by atoms with Crippen LogP contribution in [0.2, 0.25) is 5.02 Å². The second kappa shape index (κ2) is 10.7. The van der Waals surface area contributed by atoms with E-state index in [1.165, 1.54) is 4.90 Å². The van der Waals surface area contributed by atoms with E-state index in [1.807, 2.05) is 38.1 Å². The lowest BCUT2D eigenvalue weighted by Crippen LogP contribution is -2.29. The SMILES string of the molecule is CCCCOC(=O)c1ccc(N2C(=O)c3oc4ccc(Cl)cc4c(=O)c3C2c2cccc(OCC)c2)cc1. The molecule has 0 bridgehead atoms. The van der Waals surface area contributed by atoms with Crippen LogP contribution in [0.15, 0.2) is 75.9 Å². The first-order valence-corrected chi connectivity index (χ1v) is 12.9. The van der Waals surface area contributed by atoms with Crippen LogP contribution < -0.4 is 15.1 Å². The molecule has 1 atom stereocenters. The summed E-state index contributed by atoms with van der Waals surface area (Å²) in [7, 11) is 0. The molecule has 0 aliphatic carbocycles. The van der Waals surface area contributed by atoms with Crippen molar-refractivity contribution in [2.75, 3.05) is 18.1 Å². The topological polar surface area (TPSA) is 86.0 Å². The van der Waals surface area contributed by atoms with Crippen LogP contribution in [-0.2, 0) is 4.74 Å². The van der Waals surface area contributed by atoms with E-state index in [9.17, 15) is 14.4 Å². The van der Waals surface area contributed by atoms with Crippen LogP contribution in [0, 0.1) is 0 Å². The molecule has 38 heavy (non-hydrogen) atoms. The molecule has 8 heteroatoms. The zero-order valence-corrected chi connectivity index (χ0v) is 21.8. The maximum absolute atomic E-state index is 13.8. The maximum atomic E-state index is 13.8. The Kier molecular flexibility index (Phi) is 7.20. The largest absolute Gasteiger partial charge is 0.494 e. The lowest BCUT2D eigenvalue weighted by atomic mass is 9.98. The average Bonchev–Trinajstić information content (AvgIpc) is 3.22. The molecule has 4 aromatic rings. The third-order valence-electron chi connectivity index (χ3n) is 6.43. The number of esters is 1. The molecule has 1 amide bonds. The van der Waals surface area contributed by atoms with Gasteiger partial charge >= 0.3 is 5.97 Å². The highest BCUT2D eigenvalue weighted by molar-refractivity contribution is 6.31. The molecular weight excluding hydrogens is 506 g/mol. The van der Waals surface area contributed by atoms with Gasteiger partial charge in [0.05, 0.1) is 35.8 Å². The Morgan fingerprint density at radius 2 is 1.82 bits per heavy atom. The number of benzene rings is 3. The molecule has 0 fully saturated rings. The standard InChI is InChI=1S/C30H26ClNO6/c1-3-5-15-37-30(35)18-9-12-21(13-10-18)32-26(19-7-6-8-22(16-19)36-4-2)25-27(33)23-17-20(31)11-14-24(23)38-28(25)29(32)34/h6-14,16-17,26H,3-5,15H2,1-2H3. The number of nitrogens with zero attached hydrogens (tertiary/aromatic N) is 1. The molecule has 2 heterocycles. The van der Waals surface area contributed by atoms with E-state index in [0.717, 1.165) is 12.8 Å². The minimum Gasteiger partial charge on any atom is -0.494 e. The van der Waals surface area contributed by atoms with Crippen LogP contribution in [0.3, 0.4) is 0 Å². The molecule has 0 N–H and O–H groups in total. The van der Waals surface area contributed by atoms with Crippen LogP contribution >= 0.6 is 11.6 Å². The van der Waals surface area contributed by atoms with Gasteiger partial charge in [0.15, 0.2) is 5.43 Å². The van der Waals surface area contributed by atoms with Gasteiger partial charge in [-0.2, -0.15) is 0 Å². The number of amides is 1. The first kappa shape index (κ1) is 25.5. The predicted octanol–water partition coefficient (Wildman–Crippen LogP) is 6.55. The summed E-state index contributed by atoms with van der Waals surface area (Å²) in [6.07, 6.45) is 1.71. The summed E-state index contributed by atoms with van der Waals surface area (Å²) < 4.78 is 17.0. The second-order valence-corrected chi connectivity index (χ2v) is 9.37. The number of hydrogen-bond donors (Lipinski definition) is 0. The van der Waals surface area contributed by atoms with Crippen molar-refractivity contribution in [2.24, 2.45) is 0 Å². The molecule has 1 aromatic heterocycles. The normalized spacial score (nSPS) is 14.6. The molecule has 0 saturated carbocycles. The van der Waals surface area contributed by atoms with Gasteiger partial charge in [-0.15, -0.1) is 0 Å². The quantitative estimate of drug-likeness (QED) is 0.189. The number of anilines is 1. The van der Waals surface area contributed by atoms with E-state index >= 15 is 0 Å². The van der Waals surface area contributed by atoms with Crippen molar-refractivity contribution in [2.45, 2.75) is 32.7 Å². The first-order valence-electron chi connectivity index (χ1n) is 12.5. The van der Waals surface area contributed by atoms with E-state index in [4.69, 9.17) is 25.5 Å². The van der Waals surface area contributed by atoms with Crippen LogP contribution in [0.25, 0.3) is 11.0 Å². The fourth-order valence-electron chi connectivity index (χ4n) is 4.62. The third-order valence-corrected chi connectivity index (χ3v) is 6.66. The van der Waals surface area contributed by atoms with Crippen LogP contribution in [0.1, 0.15) is 64.8 Å². The smallest absolute Gasteiger partial charge is 0.338 e. The van der Waals surface area contributed by atoms with Crippen LogP contribution in [0.5, 0.6) is 5.75 Å². The zero-order valence-electron chi connectivity index (χ0n) is 21.0. The number of carbonyl (C=O) groups is 2. The van der Waals surface area contributed by atoms with Gasteiger partial charge in [-0.3, -0.25) is 14.5 Å². The monoisotopic (exact) mass is 531 g/mol. The maximum Gasteiger partial charge on any atom is 0.338 e. The van der Waals surface area contributed by atoms with Gasteiger partial charge in [-0.05, 0) is 73.5 Å². The van der Waals surface area contributed by atoms with Crippen LogP contribution in [-0.4, -0.2) is 25.1 Å². The zero-order chi connectivity index (χ0) is 26.8. The van der Waals surface area contributed by atoms with E-state index in [0.29, 0.717) is 46.2 Å². The number of rotatable bonds is 8. The summed E-state index contributed by atoms with van der Waals surface area (Å²) in [4.78, 5) is 41.5. The van der Waals surface area contributed by atoms with Crippen molar-refractivity contribution < 1.29 is 23.5 Å². The molecular formula is C30H26ClNO6. The van der Waals surface area contributed by atoms with E-state index in [1.54, 1.807) is 42.5 Å². The average molecular weight is 532 g/mol. The summed E-state index contributed by atoms with van der Waals surface area (Å²) in [6, 6.07) is 17.8. The molecule has 0 radical (unpaired) electrons. The number of unbranched alkanes of at least 4 members (excludes halogenated alkanes) is 1. The minimum absolute atomic E-state index is 0.0281. The van der Waals surface area contributed by atoms with Gasteiger partial charge < -0.3 is 13.9 Å². The Hall–Kier alpha value is -4.10. The first-order chi connectivity index (χ1) is 18.4. The minimum atomic E-state index is -0.778. The Morgan fingerprint density at radius 3 is 2.55 bits per heavy atom. The highest BCUT2D eigenvalue weighted by atomic mass is 35.5. The number of halogens is 1. The lowest BCUT2D eigenvalue weighted by Gasteiger charge is -2.25. The van der Waals surface area contributed by atoms with Crippen LogP contribution in [0.4, 0.5) is 5.69 Å². The Balaban J connectivity index is 1.63. The van der Waals surface area contributed by atoms with Gasteiger partial charge in [-0.1, -0.05) is 37.1 Å². The molecule has 194 valence electrons. The van der Waals surface area contributed by atoms with E-state index in [-0.39, 0.29) is 22.3 Å². The number of carbonyl (C=O) groups excluding carboxylic acids is 2. The van der Waals surface area contributed by atoms with Gasteiger partial charge in [0, 0.05) is 10.7 Å². The summed E-state index contributed by atoms with van der Waals surface area (Å²) in [6.45, 7) is 4.72. The van der Waals surface area contributed by atoms with Crippen molar-refractivity contribution in [3.05, 3.63) is 104 Å². The second-order valence-electron chi connectivity index (χ2n) is 8.93. The predicted molar refractivity (Wildman–Crippen MR) is 145 cm³/mol. The summed E-state index contributed by atoms with van der Waals surface area (Å²) in [5, 5.41) is 0.685. The Labute approximate surface area is 224 Å². The highest BCUT2D eigenvalue weighted by Crippen LogP contribution is 2.42. The van der Waals surface area contributed by atoms with E-state index in [2.05, 4.69) is 0 Å². The molecule has 0 saturated heterocycles. The summed E-state index contributed by atoms with van der Waals surface area (Å²) in [5.41, 5.74) is 1.72. The summed E-state index contributed by atoms with van der Waals surface area (Å²) in [5.74, 6) is -0.301. The summed E-state index contributed by atoms with van der Waals surface area (Å²) >= 11 is 6.17. The van der Waals surface area contributed by atoms with Crippen molar-refractivity contribution in [3.8, 4) is 5.75 Å². The third kappa shape index (κ3) is 4.65. The lowest BCUT2D eigenvalue weighted by molar-refractivity contribution is 0.0499. The van der Waals surface area contributed by atoms with Crippen molar-refractivity contribution in [1.82, 2.24) is 0 Å². The molecule has 5 rings (SSSR count). The molecule has 1 unspecified atom stereocenters. The fourth-order valence-corrected chi connectivity index (χ4v) is 4.79. The van der Waals surface area contributed by atoms with Crippen molar-refractivity contribution >= 4 is 40.1 Å². The van der Waals surface area contributed by atoms with Gasteiger partial charge in [-0.25, -0.2) is 4.79 Å². The molecule has 7 nitrogen and oxygen atoms in total. The molecule has 1 aliphatic rings. The Morgan fingerprint density at radius 1 is 1.03 bits per heavy atom. The fraction of sp³-hybridized carbons (Fsp3) is 0.233. The number of hydrogen-bond acceptors (Lipinski definition) is 6. The number of fused-ring (bicyclic) bond motifs is 2. The van der Waals surface area contributed by atoms with Crippen molar-refractivity contribution in [3.63, 3.8) is 0 Å². The Bertz CT molecular complexity index is 1580.